The first-order valence-electron chi connectivity index (χ1n) is 20.8. The van der Waals surface area contributed by atoms with Gasteiger partial charge in [-0.1, -0.05) is 6.07 Å². The van der Waals surface area contributed by atoms with Crippen molar-refractivity contribution in [2.24, 2.45) is 0 Å². The first kappa shape index (κ1) is 48.0. The van der Waals surface area contributed by atoms with Crippen LogP contribution in [-0.2, 0) is 39.5 Å². The lowest BCUT2D eigenvalue weighted by Gasteiger charge is -2.35. The minimum Gasteiger partial charge on any atom is -0.495 e. The molecule has 1 aromatic heterocycles. The highest BCUT2D eigenvalue weighted by molar-refractivity contribution is 6.25. The Balaban J connectivity index is 0.780. The molecule has 1 atom stereocenters. The molecule has 2 fully saturated rings. The van der Waals surface area contributed by atoms with E-state index in [1.807, 2.05) is 0 Å². The van der Waals surface area contributed by atoms with Crippen molar-refractivity contribution in [2.75, 3.05) is 116 Å². The molecule has 6 amide bonds. The van der Waals surface area contributed by atoms with Gasteiger partial charge in [-0.05, 0) is 36.8 Å². The van der Waals surface area contributed by atoms with Crippen LogP contribution in [0.4, 0.5) is 36.3 Å². The van der Waals surface area contributed by atoms with Crippen molar-refractivity contribution >= 4 is 58.6 Å². The highest BCUT2D eigenvalue weighted by atomic mass is 19.4. The maximum atomic E-state index is 13.3. The Morgan fingerprint density at radius 2 is 1.51 bits per heavy atom. The molecule has 0 bridgehead atoms. The second-order valence-corrected chi connectivity index (χ2v) is 14.7. The molecule has 3 aliphatic rings. The van der Waals surface area contributed by atoms with Crippen LogP contribution in [0.25, 0.3) is 0 Å². The zero-order valence-corrected chi connectivity index (χ0v) is 35.8. The largest absolute Gasteiger partial charge is 0.495 e. The number of nitrogens with zero attached hydrogens (tertiary/aromatic N) is 5. The van der Waals surface area contributed by atoms with Gasteiger partial charge in [0.15, 0.2) is 0 Å². The molecule has 20 nitrogen and oxygen atoms in total. The highest BCUT2D eigenvalue weighted by Crippen LogP contribution is 2.35. The van der Waals surface area contributed by atoms with Crippen LogP contribution in [0.5, 0.6) is 5.75 Å². The first-order valence-corrected chi connectivity index (χ1v) is 20.8. The molecule has 2 saturated heterocycles. The SMILES string of the molecule is CNc1nc(Nc2ccc(C(=O)N3CCN(C(=O)CCOCCOCCOCCOCCNc4cccc5c4C(=O)N(C4CCC(=O)NC4=O)C5=O)CC3)cc2OC)ncc1C(F)(F)F. The van der Waals surface area contributed by atoms with Crippen LogP contribution in [0.15, 0.2) is 42.6 Å². The topological polar surface area (TPSA) is 232 Å². The number of aromatic nitrogens is 2. The predicted molar refractivity (Wildman–Crippen MR) is 225 cm³/mol. The van der Waals surface area contributed by atoms with E-state index in [0.29, 0.717) is 95.5 Å². The molecule has 3 aromatic rings. The van der Waals surface area contributed by atoms with E-state index >= 15 is 0 Å². The van der Waals surface area contributed by atoms with Crippen molar-refractivity contribution in [3.05, 3.63) is 64.8 Å². The van der Waals surface area contributed by atoms with Gasteiger partial charge in [-0.2, -0.15) is 18.2 Å². The van der Waals surface area contributed by atoms with E-state index in [1.54, 1.807) is 34.1 Å². The van der Waals surface area contributed by atoms with Crippen LogP contribution in [0.1, 0.15) is 55.9 Å². The number of anilines is 4. The summed E-state index contributed by atoms with van der Waals surface area (Å²) >= 11 is 0. The maximum absolute atomic E-state index is 13.3. The molecule has 0 spiro atoms. The Bertz CT molecular complexity index is 2220. The van der Waals surface area contributed by atoms with Crippen LogP contribution < -0.4 is 26.0 Å². The number of hydrogen-bond acceptors (Lipinski definition) is 16. The van der Waals surface area contributed by atoms with Crippen molar-refractivity contribution in [1.29, 1.82) is 0 Å². The number of carbonyl (C=O) groups excluding carboxylic acids is 6. The molecule has 4 N–H and O–H groups in total. The summed E-state index contributed by atoms with van der Waals surface area (Å²) in [6.07, 6.45) is -3.67. The van der Waals surface area contributed by atoms with Crippen LogP contribution in [-0.4, -0.2) is 166 Å². The van der Waals surface area contributed by atoms with Gasteiger partial charge in [-0.3, -0.25) is 39.0 Å². The number of rotatable bonds is 22. The van der Waals surface area contributed by atoms with Gasteiger partial charge < -0.3 is 49.4 Å². The fraction of sp³-hybridized carbons (Fsp3) is 0.476. The summed E-state index contributed by atoms with van der Waals surface area (Å²) in [5.74, 6) is -2.89. The molecular formula is C42H50F3N9O11. The van der Waals surface area contributed by atoms with Gasteiger partial charge >= 0.3 is 6.18 Å². The summed E-state index contributed by atoms with van der Waals surface area (Å²) in [6, 6.07) is 8.41. The second kappa shape index (κ2) is 22.5. The van der Waals surface area contributed by atoms with Crippen LogP contribution in [0.2, 0.25) is 0 Å². The lowest BCUT2D eigenvalue weighted by molar-refractivity contribution is -0.138. The van der Waals surface area contributed by atoms with Gasteiger partial charge in [0.25, 0.3) is 17.7 Å². The summed E-state index contributed by atoms with van der Waals surface area (Å²) in [4.78, 5) is 88.1. The zero-order chi connectivity index (χ0) is 46.5. The number of methoxy groups -OCH3 is 1. The highest BCUT2D eigenvalue weighted by Gasteiger charge is 2.45. The normalized spacial score (nSPS) is 16.4. The number of hydrogen-bond donors (Lipinski definition) is 4. The quantitative estimate of drug-likeness (QED) is 0.0838. The summed E-state index contributed by atoms with van der Waals surface area (Å²) in [7, 11) is 2.71. The molecule has 2 aromatic carbocycles. The van der Waals surface area contributed by atoms with E-state index in [2.05, 4.69) is 31.2 Å². The molecule has 6 rings (SSSR count). The van der Waals surface area contributed by atoms with Gasteiger partial charge in [-0.15, -0.1) is 0 Å². The average Bonchev–Trinajstić information content (AvgIpc) is 3.55. The Morgan fingerprint density at radius 3 is 2.15 bits per heavy atom. The minimum absolute atomic E-state index is 0.0407. The van der Waals surface area contributed by atoms with E-state index in [-0.39, 0.29) is 67.1 Å². The van der Waals surface area contributed by atoms with Crippen molar-refractivity contribution in [2.45, 2.75) is 31.5 Å². The molecule has 3 aliphatic heterocycles. The van der Waals surface area contributed by atoms with Gasteiger partial charge in [-0.25, -0.2) is 4.98 Å². The number of fused-ring (bicyclic) bond motifs is 1. The lowest BCUT2D eigenvalue weighted by atomic mass is 10.0. The Kier molecular flexibility index (Phi) is 16.6. The number of benzene rings is 2. The molecule has 65 heavy (non-hydrogen) atoms. The van der Waals surface area contributed by atoms with Gasteiger partial charge in [0.1, 0.15) is 23.2 Å². The Morgan fingerprint density at radius 1 is 0.846 bits per heavy atom. The molecule has 0 saturated carbocycles. The van der Waals surface area contributed by atoms with Crippen LogP contribution in [0.3, 0.4) is 0 Å². The standard InChI is InChI=1S/C42H50F3N9O11/c1-46-36-28(42(43,44)45)25-48-41(51-36)49-29-7-6-26(24-32(29)61-2)38(58)53-14-12-52(13-15-53)34(56)10-16-62-18-20-64-22-23-65-21-19-63-17-11-47-30-5-3-4-27-35(30)40(60)54(39(27)59)31-8-9-33(55)50-37(31)57/h3-7,24-25,31,47H,8-23H2,1-2H3,(H,50,55,57)(H2,46,48,49,51). The van der Waals surface area contributed by atoms with Crippen LogP contribution >= 0.6 is 0 Å². The molecule has 4 heterocycles. The molecule has 1 unspecified atom stereocenters. The monoisotopic (exact) mass is 913 g/mol. The fourth-order valence-electron chi connectivity index (χ4n) is 7.23. The molecule has 0 aliphatic carbocycles. The van der Waals surface area contributed by atoms with E-state index in [9.17, 15) is 41.9 Å². The molecular weight excluding hydrogens is 864 g/mol. The summed E-state index contributed by atoms with van der Waals surface area (Å²) < 4.78 is 67.4. The number of alkyl halides is 3. The van der Waals surface area contributed by atoms with Gasteiger partial charge in [0, 0.05) is 63.6 Å². The first-order chi connectivity index (χ1) is 31.3. The number of carbonyl (C=O) groups is 6. The summed E-state index contributed by atoms with van der Waals surface area (Å²) in [5, 5.41) is 10.5. The predicted octanol–water partition coefficient (Wildman–Crippen LogP) is 2.54. The van der Waals surface area contributed by atoms with Crippen LogP contribution in [0, 0.1) is 0 Å². The maximum Gasteiger partial charge on any atom is 0.421 e. The third kappa shape index (κ3) is 12.2. The number of amides is 6. The molecule has 23 heteroatoms. The van der Waals surface area contributed by atoms with E-state index in [1.165, 1.54) is 26.3 Å². The number of piperidine rings is 1. The smallest absolute Gasteiger partial charge is 0.421 e. The van der Waals surface area contributed by atoms with Gasteiger partial charge in [0.2, 0.25) is 23.7 Å². The lowest BCUT2D eigenvalue weighted by Crippen LogP contribution is -2.54. The van der Waals surface area contributed by atoms with E-state index in [4.69, 9.17) is 23.7 Å². The summed E-state index contributed by atoms with van der Waals surface area (Å²) in [5.41, 5.74) is 0.463. The number of piperazine rings is 1. The second-order valence-electron chi connectivity index (χ2n) is 14.7. The van der Waals surface area contributed by atoms with E-state index < -0.39 is 47.2 Å². The average molecular weight is 914 g/mol. The van der Waals surface area contributed by atoms with Crippen molar-refractivity contribution in [1.82, 2.24) is 30.0 Å². The number of nitrogens with one attached hydrogen (secondary N) is 4. The van der Waals surface area contributed by atoms with Crippen molar-refractivity contribution in [3.63, 3.8) is 0 Å². The zero-order valence-electron chi connectivity index (χ0n) is 35.8. The fourth-order valence-corrected chi connectivity index (χ4v) is 7.23. The number of halogens is 3. The number of imide groups is 2. The third-order valence-electron chi connectivity index (χ3n) is 10.6. The summed E-state index contributed by atoms with van der Waals surface area (Å²) in [6.45, 7) is 4.07. The van der Waals surface area contributed by atoms with Crippen molar-refractivity contribution < 1.29 is 65.6 Å². The van der Waals surface area contributed by atoms with Crippen molar-refractivity contribution in [3.8, 4) is 5.75 Å². The number of ether oxygens (including phenoxy) is 5. The third-order valence-corrected chi connectivity index (χ3v) is 10.6. The van der Waals surface area contributed by atoms with Gasteiger partial charge in [0.05, 0.1) is 83.2 Å². The Hall–Kier alpha value is -6.43. The Labute approximate surface area is 371 Å². The molecule has 350 valence electrons. The van der Waals surface area contributed by atoms with E-state index in [0.717, 1.165) is 4.90 Å². The molecule has 0 radical (unpaired) electrons. The minimum atomic E-state index is -4.63.